The predicted molar refractivity (Wildman–Crippen MR) is 85.5 cm³/mol. The smallest absolute Gasteiger partial charge is 0.0329 e. The molecule has 1 aromatic heterocycles. The van der Waals surface area contributed by atoms with Crippen molar-refractivity contribution in [1.82, 2.24) is 0 Å². The second kappa shape index (κ2) is 5.78. The first kappa shape index (κ1) is 13.3. The van der Waals surface area contributed by atoms with Crippen LogP contribution < -0.4 is 5.73 Å². The van der Waals surface area contributed by atoms with Gasteiger partial charge in [0.25, 0.3) is 0 Å². The van der Waals surface area contributed by atoms with Crippen LogP contribution in [0, 0.1) is 5.92 Å². The molecule has 3 heteroatoms. The van der Waals surface area contributed by atoms with Crippen LogP contribution in [0.2, 0.25) is 0 Å². The molecule has 0 bridgehead atoms. The van der Waals surface area contributed by atoms with Gasteiger partial charge < -0.3 is 5.73 Å². The number of aryl methyl sites for hydroxylation is 1. The molecule has 0 aliphatic heterocycles. The third kappa shape index (κ3) is 2.78. The van der Waals surface area contributed by atoms with Gasteiger partial charge in [0.2, 0.25) is 0 Å². The van der Waals surface area contributed by atoms with Crippen molar-refractivity contribution in [1.29, 1.82) is 0 Å². The van der Waals surface area contributed by atoms with Gasteiger partial charge in [-0.2, -0.15) is 0 Å². The molecule has 1 nitrogen and oxygen atoms in total. The molecule has 0 spiro atoms. The molecule has 0 saturated heterocycles. The minimum Gasteiger partial charge on any atom is -0.324 e. The number of nitrogens with two attached hydrogens (primary N) is 1. The molecule has 19 heavy (non-hydrogen) atoms. The number of thiophene rings is 1. The molecule has 2 N–H and O–H groups in total. The molecule has 1 aromatic carbocycles. The van der Waals surface area contributed by atoms with Gasteiger partial charge >= 0.3 is 0 Å². The summed E-state index contributed by atoms with van der Waals surface area (Å²) in [6.07, 6.45) is 4.73. The Hall–Kier alpha value is -0.640. The summed E-state index contributed by atoms with van der Waals surface area (Å²) in [6.45, 7) is 0. The van der Waals surface area contributed by atoms with Gasteiger partial charge in [-0.3, -0.25) is 0 Å². The van der Waals surface area contributed by atoms with Crippen LogP contribution in [-0.4, -0.2) is 0 Å². The zero-order valence-electron chi connectivity index (χ0n) is 10.8. The van der Waals surface area contributed by atoms with Crippen molar-refractivity contribution in [2.45, 2.75) is 31.7 Å². The second-order valence-corrected chi connectivity index (χ2v) is 7.13. The van der Waals surface area contributed by atoms with Crippen molar-refractivity contribution < 1.29 is 0 Å². The van der Waals surface area contributed by atoms with E-state index in [1.807, 2.05) is 11.3 Å². The fourth-order valence-electron chi connectivity index (χ4n) is 3.01. The number of halogens is 1. The minimum absolute atomic E-state index is 0.174. The molecule has 0 fully saturated rings. The molecule has 2 atom stereocenters. The van der Waals surface area contributed by atoms with E-state index in [1.165, 1.54) is 39.7 Å². The first-order chi connectivity index (χ1) is 9.25. The highest BCUT2D eigenvalue weighted by Crippen LogP contribution is 2.36. The summed E-state index contributed by atoms with van der Waals surface area (Å²) < 4.78 is 1.24. The molecule has 2 aromatic rings. The standard InChI is InChI=1S/C16H18BrNS/c17-14-8-9-19-15(14)10-12-6-3-5-11-4-1-2-7-13(11)16(12)18/h1-2,4,7-9,12,16H,3,5-6,10,18H2. The van der Waals surface area contributed by atoms with E-state index in [0.29, 0.717) is 5.92 Å². The highest BCUT2D eigenvalue weighted by molar-refractivity contribution is 9.10. The zero-order valence-corrected chi connectivity index (χ0v) is 13.2. The fourth-order valence-corrected chi connectivity index (χ4v) is 4.62. The third-order valence-corrected chi connectivity index (χ3v) is 6.03. The highest BCUT2D eigenvalue weighted by atomic mass is 79.9. The van der Waals surface area contributed by atoms with E-state index in [-0.39, 0.29) is 6.04 Å². The second-order valence-electron chi connectivity index (χ2n) is 5.27. The van der Waals surface area contributed by atoms with Gasteiger partial charge in [-0.05, 0) is 70.1 Å². The molecule has 3 rings (SSSR count). The first-order valence-electron chi connectivity index (χ1n) is 6.81. The summed E-state index contributed by atoms with van der Waals surface area (Å²) in [5, 5.41) is 2.15. The Balaban J connectivity index is 1.86. The van der Waals surface area contributed by atoms with Crippen molar-refractivity contribution in [2.75, 3.05) is 0 Å². The summed E-state index contributed by atoms with van der Waals surface area (Å²) >= 11 is 5.46. The SMILES string of the molecule is NC1c2ccccc2CCCC1Cc1sccc1Br. The fraction of sp³-hybridized carbons (Fsp3) is 0.375. The molecular weight excluding hydrogens is 318 g/mol. The third-order valence-electron chi connectivity index (χ3n) is 4.08. The van der Waals surface area contributed by atoms with Crippen LogP contribution in [0.25, 0.3) is 0 Å². The highest BCUT2D eigenvalue weighted by Gasteiger charge is 2.25. The number of hydrogen-bond acceptors (Lipinski definition) is 2. The lowest BCUT2D eigenvalue weighted by Crippen LogP contribution is -2.22. The molecule has 1 heterocycles. The van der Waals surface area contributed by atoms with Gasteiger partial charge in [-0.1, -0.05) is 24.3 Å². The van der Waals surface area contributed by atoms with E-state index in [0.717, 1.165) is 6.42 Å². The van der Waals surface area contributed by atoms with Gasteiger partial charge in [-0.15, -0.1) is 11.3 Å². The summed E-state index contributed by atoms with van der Waals surface area (Å²) in [5.74, 6) is 0.554. The lowest BCUT2D eigenvalue weighted by Gasteiger charge is -2.22. The van der Waals surface area contributed by atoms with Gasteiger partial charge in [0.05, 0.1) is 0 Å². The van der Waals surface area contributed by atoms with Gasteiger partial charge in [0.15, 0.2) is 0 Å². The van der Waals surface area contributed by atoms with E-state index in [4.69, 9.17) is 5.73 Å². The maximum absolute atomic E-state index is 6.55. The van der Waals surface area contributed by atoms with Crippen molar-refractivity contribution in [2.24, 2.45) is 11.7 Å². The molecule has 1 aliphatic rings. The van der Waals surface area contributed by atoms with Crippen LogP contribution >= 0.6 is 27.3 Å². The largest absolute Gasteiger partial charge is 0.324 e. The molecule has 0 radical (unpaired) electrons. The van der Waals surface area contributed by atoms with Crippen molar-refractivity contribution in [3.8, 4) is 0 Å². The topological polar surface area (TPSA) is 26.0 Å². The van der Waals surface area contributed by atoms with Crippen molar-refractivity contribution in [3.05, 3.63) is 56.2 Å². The van der Waals surface area contributed by atoms with E-state index in [9.17, 15) is 0 Å². The Kier molecular flexibility index (Phi) is 4.06. The van der Waals surface area contributed by atoms with Gasteiger partial charge in [0, 0.05) is 15.4 Å². The Bertz CT molecular complexity index is 563. The van der Waals surface area contributed by atoms with E-state index in [2.05, 4.69) is 51.6 Å². The predicted octanol–water partition coefficient (Wildman–Crippen LogP) is 4.71. The maximum atomic E-state index is 6.55. The van der Waals surface area contributed by atoms with E-state index in [1.54, 1.807) is 0 Å². The number of hydrogen-bond donors (Lipinski definition) is 1. The lowest BCUT2D eigenvalue weighted by atomic mass is 9.88. The Morgan fingerprint density at radius 1 is 1.26 bits per heavy atom. The van der Waals surface area contributed by atoms with Crippen molar-refractivity contribution in [3.63, 3.8) is 0 Å². The Morgan fingerprint density at radius 3 is 2.89 bits per heavy atom. The average molecular weight is 336 g/mol. The van der Waals surface area contributed by atoms with E-state index >= 15 is 0 Å². The summed E-state index contributed by atoms with van der Waals surface area (Å²) in [7, 11) is 0. The average Bonchev–Trinajstić information content (AvgIpc) is 2.75. The monoisotopic (exact) mass is 335 g/mol. The van der Waals surface area contributed by atoms with Gasteiger partial charge in [0.1, 0.15) is 0 Å². The van der Waals surface area contributed by atoms with Gasteiger partial charge in [-0.25, -0.2) is 0 Å². The van der Waals surface area contributed by atoms with Crippen LogP contribution in [0.5, 0.6) is 0 Å². The number of fused-ring (bicyclic) bond motifs is 1. The quantitative estimate of drug-likeness (QED) is 0.790. The number of rotatable bonds is 2. The molecule has 1 aliphatic carbocycles. The Labute approximate surface area is 127 Å². The molecule has 2 unspecified atom stereocenters. The molecular formula is C16H18BrNS. The summed E-state index contributed by atoms with van der Waals surface area (Å²) in [4.78, 5) is 1.43. The minimum atomic E-state index is 0.174. The van der Waals surface area contributed by atoms with Crippen LogP contribution in [0.4, 0.5) is 0 Å². The number of benzene rings is 1. The molecule has 0 amide bonds. The van der Waals surface area contributed by atoms with Crippen LogP contribution in [0.1, 0.15) is 34.9 Å². The van der Waals surface area contributed by atoms with Crippen LogP contribution in [0.3, 0.4) is 0 Å². The zero-order chi connectivity index (χ0) is 13.2. The molecule has 100 valence electrons. The lowest BCUT2D eigenvalue weighted by molar-refractivity contribution is 0.404. The normalized spacial score (nSPS) is 22.8. The summed E-state index contributed by atoms with van der Waals surface area (Å²) in [6, 6.07) is 11.0. The summed E-state index contributed by atoms with van der Waals surface area (Å²) in [5.41, 5.74) is 9.35. The van der Waals surface area contributed by atoms with E-state index < -0.39 is 0 Å². The Morgan fingerprint density at radius 2 is 2.11 bits per heavy atom. The maximum Gasteiger partial charge on any atom is 0.0329 e. The van der Waals surface area contributed by atoms with Crippen LogP contribution in [0.15, 0.2) is 40.2 Å². The first-order valence-corrected chi connectivity index (χ1v) is 8.48. The van der Waals surface area contributed by atoms with Crippen molar-refractivity contribution >= 4 is 27.3 Å². The van der Waals surface area contributed by atoms with Crippen LogP contribution in [-0.2, 0) is 12.8 Å². The molecule has 0 saturated carbocycles.